The van der Waals surface area contributed by atoms with Crippen LogP contribution in [0.2, 0.25) is 0 Å². The van der Waals surface area contributed by atoms with Gasteiger partial charge in [0.15, 0.2) is 0 Å². The van der Waals surface area contributed by atoms with Crippen LogP contribution in [-0.2, 0) is 38.7 Å². The SMILES string of the molecule is C=C/C(=C\C=C/C)C(C)(O)CN(CC)C(CC)c1ccc(C(F)(F)F)cc1CN(Cc1cc(C(F)(F)F)cc(C(F)(F)F)c1)c1nnn(C)n1. The highest BCUT2D eigenvalue weighted by atomic mass is 19.4. The second-order valence-electron chi connectivity index (χ2n) is 11.9. The monoisotopic (exact) mass is 718 g/mol. The molecule has 274 valence electrons. The van der Waals surface area contributed by atoms with Crippen LogP contribution in [0.15, 0.2) is 72.9 Å². The first-order valence-electron chi connectivity index (χ1n) is 15.5. The van der Waals surface area contributed by atoms with Gasteiger partial charge in [-0.3, -0.25) is 4.90 Å². The van der Waals surface area contributed by atoms with Gasteiger partial charge in [0.2, 0.25) is 0 Å². The first-order chi connectivity index (χ1) is 23.1. The molecule has 0 aliphatic carbocycles. The van der Waals surface area contributed by atoms with Crippen molar-refractivity contribution >= 4 is 5.95 Å². The van der Waals surface area contributed by atoms with E-state index < -0.39 is 65.5 Å². The molecule has 2 atom stereocenters. The van der Waals surface area contributed by atoms with E-state index in [2.05, 4.69) is 22.0 Å². The molecular weight excluding hydrogens is 679 g/mol. The molecule has 0 amide bonds. The van der Waals surface area contributed by atoms with Crippen LogP contribution >= 0.6 is 0 Å². The number of aryl methyl sites for hydroxylation is 1. The second-order valence-corrected chi connectivity index (χ2v) is 11.9. The minimum Gasteiger partial charge on any atom is -0.384 e. The number of alkyl halides is 9. The number of likely N-dealkylation sites (N-methyl/N-ethyl adjacent to an activating group) is 1. The van der Waals surface area contributed by atoms with Gasteiger partial charge in [0.25, 0.3) is 5.95 Å². The van der Waals surface area contributed by atoms with Gasteiger partial charge < -0.3 is 10.0 Å². The summed E-state index contributed by atoms with van der Waals surface area (Å²) in [6.45, 7) is 10.1. The first kappa shape index (κ1) is 40.3. The highest BCUT2D eigenvalue weighted by Gasteiger charge is 2.38. The summed E-state index contributed by atoms with van der Waals surface area (Å²) in [5, 5.41) is 23.1. The second kappa shape index (κ2) is 15.8. The summed E-state index contributed by atoms with van der Waals surface area (Å²) in [5.41, 5.74) is -5.03. The Labute approximate surface area is 284 Å². The average Bonchev–Trinajstić information content (AvgIpc) is 3.45. The molecule has 3 aromatic rings. The number of nitrogens with zero attached hydrogens (tertiary/aromatic N) is 6. The van der Waals surface area contributed by atoms with Gasteiger partial charge in [-0.05, 0) is 84.6 Å². The predicted molar refractivity (Wildman–Crippen MR) is 171 cm³/mol. The molecule has 16 heteroatoms. The third-order valence-electron chi connectivity index (χ3n) is 8.05. The molecular formula is C34H39F9N6O. The minimum atomic E-state index is -5.12. The maximum Gasteiger partial charge on any atom is 0.416 e. The van der Waals surface area contributed by atoms with Gasteiger partial charge in [-0.2, -0.15) is 44.3 Å². The smallest absolute Gasteiger partial charge is 0.384 e. The van der Waals surface area contributed by atoms with Gasteiger partial charge in [-0.25, -0.2) is 0 Å². The Morgan fingerprint density at radius 1 is 0.920 bits per heavy atom. The molecule has 1 heterocycles. The molecule has 2 unspecified atom stereocenters. The van der Waals surface area contributed by atoms with E-state index in [1.54, 1.807) is 39.0 Å². The lowest BCUT2D eigenvalue weighted by Gasteiger charge is -2.38. The number of hydrogen-bond acceptors (Lipinski definition) is 6. The summed E-state index contributed by atoms with van der Waals surface area (Å²) in [6.07, 6.45) is -7.98. The van der Waals surface area contributed by atoms with Crippen molar-refractivity contribution in [2.75, 3.05) is 18.0 Å². The molecule has 0 aliphatic rings. The van der Waals surface area contributed by atoms with E-state index in [4.69, 9.17) is 0 Å². The molecule has 0 aliphatic heterocycles. The fourth-order valence-corrected chi connectivity index (χ4v) is 5.65. The molecule has 0 spiro atoms. The lowest BCUT2D eigenvalue weighted by molar-refractivity contribution is -0.143. The van der Waals surface area contributed by atoms with Crippen LogP contribution in [0, 0.1) is 0 Å². The summed E-state index contributed by atoms with van der Waals surface area (Å²) in [4.78, 5) is 4.03. The van der Waals surface area contributed by atoms with Crippen LogP contribution in [0.3, 0.4) is 0 Å². The Kier molecular flexibility index (Phi) is 12.7. The van der Waals surface area contributed by atoms with Crippen molar-refractivity contribution < 1.29 is 44.6 Å². The lowest BCUT2D eigenvalue weighted by Crippen LogP contribution is -2.43. The van der Waals surface area contributed by atoms with E-state index in [1.165, 1.54) is 19.2 Å². The number of hydrogen-bond donors (Lipinski definition) is 1. The van der Waals surface area contributed by atoms with Crippen molar-refractivity contribution in [3.8, 4) is 0 Å². The highest BCUT2D eigenvalue weighted by molar-refractivity contribution is 5.42. The van der Waals surface area contributed by atoms with Crippen molar-refractivity contribution in [2.45, 2.75) is 77.4 Å². The fourth-order valence-electron chi connectivity index (χ4n) is 5.65. The number of aromatic nitrogens is 4. The van der Waals surface area contributed by atoms with E-state index in [0.29, 0.717) is 36.2 Å². The van der Waals surface area contributed by atoms with Crippen molar-refractivity contribution in [3.05, 3.63) is 106 Å². The van der Waals surface area contributed by atoms with Crippen molar-refractivity contribution in [2.24, 2.45) is 7.05 Å². The molecule has 1 aromatic heterocycles. The largest absolute Gasteiger partial charge is 0.416 e. The minimum absolute atomic E-state index is 0.00900. The molecule has 50 heavy (non-hydrogen) atoms. The van der Waals surface area contributed by atoms with Gasteiger partial charge in [-0.1, -0.05) is 55.9 Å². The van der Waals surface area contributed by atoms with Crippen LogP contribution in [0.4, 0.5) is 45.5 Å². The molecule has 0 saturated heterocycles. The van der Waals surface area contributed by atoms with Crippen molar-refractivity contribution in [1.29, 1.82) is 0 Å². The molecule has 2 aromatic carbocycles. The summed E-state index contributed by atoms with van der Waals surface area (Å²) in [6, 6.07) is 3.58. The van der Waals surface area contributed by atoms with Gasteiger partial charge in [0.1, 0.15) is 0 Å². The maximum atomic E-state index is 14.1. The predicted octanol–water partition coefficient (Wildman–Crippen LogP) is 8.69. The van der Waals surface area contributed by atoms with E-state index >= 15 is 0 Å². The van der Waals surface area contributed by atoms with E-state index in [1.807, 2.05) is 11.8 Å². The van der Waals surface area contributed by atoms with Gasteiger partial charge in [0, 0.05) is 25.7 Å². The molecule has 0 saturated carbocycles. The zero-order valence-electron chi connectivity index (χ0n) is 28.1. The molecule has 0 radical (unpaired) electrons. The van der Waals surface area contributed by atoms with E-state index in [-0.39, 0.29) is 24.1 Å². The third kappa shape index (κ3) is 10.2. The number of benzene rings is 2. The van der Waals surface area contributed by atoms with Gasteiger partial charge in [-0.15, -0.1) is 5.10 Å². The normalized spacial score (nSPS) is 15.1. The summed E-state index contributed by atoms with van der Waals surface area (Å²) >= 11 is 0. The Hall–Kier alpha value is -4.18. The number of tetrazole rings is 1. The topological polar surface area (TPSA) is 70.3 Å². The Balaban J connectivity index is 2.20. The molecule has 3 rings (SSSR count). The average molecular weight is 719 g/mol. The van der Waals surface area contributed by atoms with Gasteiger partial charge in [0.05, 0.1) is 29.3 Å². The van der Waals surface area contributed by atoms with Crippen LogP contribution in [0.1, 0.15) is 73.5 Å². The molecule has 0 bridgehead atoms. The standard InChI is InChI=1S/C34H39F9N6O/c1-7-11-12-24(8-2)31(5,50)21-48(10-4)29(9-3)28-14-13-25(32(35,36)37)17-23(28)20-49(30-44-46-47(6)45-30)19-22-15-26(33(38,39)40)18-27(16-22)34(41,42)43/h7-8,11-18,29,50H,2,9-10,19-21H2,1,3-6H3/b11-7-,24-12+. The van der Waals surface area contributed by atoms with Crippen molar-refractivity contribution in [1.82, 2.24) is 25.1 Å². The van der Waals surface area contributed by atoms with Crippen LogP contribution in [-0.4, -0.2) is 48.9 Å². The van der Waals surface area contributed by atoms with Crippen molar-refractivity contribution in [3.63, 3.8) is 0 Å². The number of rotatable bonds is 14. The zero-order chi connectivity index (χ0) is 37.7. The Morgan fingerprint density at radius 2 is 1.52 bits per heavy atom. The van der Waals surface area contributed by atoms with Gasteiger partial charge >= 0.3 is 18.5 Å². The third-order valence-corrected chi connectivity index (χ3v) is 8.05. The van der Waals surface area contributed by atoms with Crippen LogP contribution in [0.25, 0.3) is 0 Å². The number of aliphatic hydroxyl groups is 1. The van der Waals surface area contributed by atoms with E-state index in [9.17, 15) is 44.6 Å². The fraction of sp³-hybridized carbons (Fsp3) is 0.441. The lowest BCUT2D eigenvalue weighted by atomic mass is 9.90. The first-order valence-corrected chi connectivity index (χ1v) is 15.5. The highest BCUT2D eigenvalue weighted by Crippen LogP contribution is 2.39. The summed E-state index contributed by atoms with van der Waals surface area (Å²) < 4.78 is 124. The number of allylic oxidation sites excluding steroid dienone is 3. The quantitative estimate of drug-likeness (QED) is 0.133. The summed E-state index contributed by atoms with van der Waals surface area (Å²) in [7, 11) is 1.37. The Morgan fingerprint density at radius 3 is 1.98 bits per heavy atom. The Bertz CT molecular complexity index is 1640. The summed E-state index contributed by atoms with van der Waals surface area (Å²) in [5.74, 6) is -0.241. The molecule has 0 fully saturated rings. The number of anilines is 1. The van der Waals surface area contributed by atoms with E-state index in [0.717, 1.165) is 21.8 Å². The maximum absolute atomic E-state index is 14.1. The van der Waals surface area contributed by atoms with Crippen LogP contribution < -0.4 is 4.90 Å². The van der Waals surface area contributed by atoms with Crippen LogP contribution in [0.5, 0.6) is 0 Å². The number of halogens is 9. The zero-order valence-corrected chi connectivity index (χ0v) is 28.1. The molecule has 1 N–H and O–H groups in total. The molecule has 7 nitrogen and oxygen atoms in total.